The van der Waals surface area contributed by atoms with Crippen molar-refractivity contribution in [1.29, 1.82) is 0 Å². The van der Waals surface area contributed by atoms with Crippen molar-refractivity contribution >= 4 is 17.7 Å². The molecular weight excluding hydrogens is 306 g/mol. The van der Waals surface area contributed by atoms with Gasteiger partial charge in [-0.15, -0.1) is 0 Å². The van der Waals surface area contributed by atoms with Gasteiger partial charge in [-0.25, -0.2) is 4.98 Å². The number of nitrogens with zero attached hydrogens (tertiary/aromatic N) is 1. The summed E-state index contributed by atoms with van der Waals surface area (Å²) in [5, 5.41) is 2.84. The van der Waals surface area contributed by atoms with Gasteiger partial charge in [-0.3, -0.25) is 4.79 Å². The standard InChI is InChI=1S/C16H16F2N2OS/c1-10-5-7-12(8-6-10)11(2)20-14(21)13-4-3-9-19-15(13)22-16(17)18/h3-9,11,16H,1-2H3,(H,20,21). The van der Waals surface area contributed by atoms with Crippen molar-refractivity contribution in [3.63, 3.8) is 0 Å². The topological polar surface area (TPSA) is 42.0 Å². The highest BCUT2D eigenvalue weighted by Crippen LogP contribution is 2.26. The number of nitrogens with one attached hydrogen (secondary N) is 1. The van der Waals surface area contributed by atoms with Gasteiger partial charge in [0.1, 0.15) is 5.03 Å². The number of aryl methyl sites for hydroxylation is 1. The normalized spacial score (nSPS) is 12.2. The van der Waals surface area contributed by atoms with Crippen molar-refractivity contribution in [1.82, 2.24) is 10.3 Å². The fourth-order valence-corrected chi connectivity index (χ4v) is 2.53. The van der Waals surface area contributed by atoms with Gasteiger partial charge in [-0.05, 0) is 43.3 Å². The van der Waals surface area contributed by atoms with E-state index < -0.39 is 11.7 Å². The van der Waals surface area contributed by atoms with Crippen molar-refractivity contribution < 1.29 is 13.6 Å². The molecule has 6 heteroatoms. The van der Waals surface area contributed by atoms with Crippen LogP contribution < -0.4 is 5.32 Å². The summed E-state index contributed by atoms with van der Waals surface area (Å²) in [5.41, 5.74) is 2.24. The maximum Gasteiger partial charge on any atom is 0.290 e. The zero-order valence-corrected chi connectivity index (χ0v) is 13.0. The van der Waals surface area contributed by atoms with E-state index in [1.165, 1.54) is 12.3 Å². The Bertz CT molecular complexity index is 647. The molecule has 2 aromatic rings. The molecular formula is C16H16F2N2OS. The highest BCUT2D eigenvalue weighted by Gasteiger charge is 2.18. The lowest BCUT2D eigenvalue weighted by molar-refractivity contribution is 0.0936. The monoisotopic (exact) mass is 322 g/mol. The fourth-order valence-electron chi connectivity index (χ4n) is 1.95. The molecule has 0 radical (unpaired) electrons. The first-order chi connectivity index (χ1) is 10.5. The molecule has 1 unspecified atom stereocenters. The molecule has 1 heterocycles. The first-order valence-corrected chi connectivity index (χ1v) is 7.62. The van der Waals surface area contributed by atoms with Gasteiger partial charge in [0.2, 0.25) is 0 Å². The van der Waals surface area contributed by atoms with Gasteiger partial charge in [0, 0.05) is 6.20 Å². The fraction of sp³-hybridized carbons (Fsp3) is 0.250. The number of alkyl halides is 2. The molecule has 1 amide bonds. The molecule has 0 bridgehead atoms. The summed E-state index contributed by atoms with van der Waals surface area (Å²) in [6.45, 7) is 3.83. The van der Waals surface area contributed by atoms with Crippen LogP contribution in [0.4, 0.5) is 8.78 Å². The first kappa shape index (κ1) is 16.4. The molecule has 0 saturated heterocycles. The lowest BCUT2D eigenvalue weighted by Crippen LogP contribution is -2.27. The van der Waals surface area contributed by atoms with Gasteiger partial charge >= 0.3 is 0 Å². The number of hydrogen-bond acceptors (Lipinski definition) is 3. The SMILES string of the molecule is Cc1ccc(C(C)NC(=O)c2cccnc2SC(F)F)cc1. The molecule has 0 saturated carbocycles. The molecule has 0 spiro atoms. The Morgan fingerprint density at radius 1 is 1.23 bits per heavy atom. The maximum atomic E-state index is 12.5. The van der Waals surface area contributed by atoms with Crippen molar-refractivity contribution in [3.8, 4) is 0 Å². The molecule has 3 nitrogen and oxygen atoms in total. The summed E-state index contributed by atoms with van der Waals surface area (Å²) in [6.07, 6.45) is 1.39. The van der Waals surface area contributed by atoms with Crippen molar-refractivity contribution in [2.75, 3.05) is 0 Å². The Kier molecular flexibility index (Phi) is 5.49. The van der Waals surface area contributed by atoms with E-state index in [1.807, 2.05) is 38.1 Å². The summed E-state index contributed by atoms with van der Waals surface area (Å²) in [7, 11) is 0. The van der Waals surface area contributed by atoms with E-state index >= 15 is 0 Å². The number of rotatable bonds is 5. The zero-order valence-electron chi connectivity index (χ0n) is 12.2. The minimum absolute atomic E-state index is 0.0334. The number of carbonyl (C=O) groups excluding carboxylic acids is 1. The number of benzene rings is 1. The average Bonchev–Trinajstić information content (AvgIpc) is 2.47. The van der Waals surface area contributed by atoms with E-state index in [-0.39, 0.29) is 28.4 Å². The van der Waals surface area contributed by atoms with Crippen molar-refractivity contribution in [2.45, 2.75) is 30.7 Å². The van der Waals surface area contributed by atoms with Crippen molar-refractivity contribution in [2.24, 2.45) is 0 Å². The molecule has 2 rings (SSSR count). The lowest BCUT2D eigenvalue weighted by Gasteiger charge is -2.15. The highest BCUT2D eigenvalue weighted by molar-refractivity contribution is 7.99. The van der Waals surface area contributed by atoms with E-state index in [4.69, 9.17) is 0 Å². The molecule has 1 aromatic heterocycles. The predicted molar refractivity (Wildman–Crippen MR) is 83.2 cm³/mol. The number of amides is 1. The summed E-state index contributed by atoms with van der Waals surface area (Å²) in [5.74, 6) is -3.03. The van der Waals surface area contributed by atoms with Crippen LogP contribution in [0.5, 0.6) is 0 Å². The average molecular weight is 322 g/mol. The van der Waals surface area contributed by atoms with E-state index in [1.54, 1.807) is 6.07 Å². The second-order valence-electron chi connectivity index (χ2n) is 4.84. The molecule has 1 atom stereocenters. The Hall–Kier alpha value is -1.95. The number of thioether (sulfide) groups is 1. The van der Waals surface area contributed by atoms with E-state index in [0.29, 0.717) is 0 Å². The molecule has 1 N–H and O–H groups in total. The highest BCUT2D eigenvalue weighted by atomic mass is 32.2. The lowest BCUT2D eigenvalue weighted by atomic mass is 10.1. The summed E-state index contributed by atoms with van der Waals surface area (Å²) < 4.78 is 25.0. The molecule has 0 aliphatic rings. The van der Waals surface area contributed by atoms with E-state index in [9.17, 15) is 13.6 Å². The van der Waals surface area contributed by atoms with Crippen LogP contribution in [0.15, 0.2) is 47.6 Å². The van der Waals surface area contributed by atoms with Crippen molar-refractivity contribution in [3.05, 3.63) is 59.3 Å². The predicted octanol–water partition coefficient (Wildman–Crippen LogP) is 4.20. The number of aromatic nitrogens is 1. The molecule has 22 heavy (non-hydrogen) atoms. The minimum Gasteiger partial charge on any atom is -0.345 e. The Morgan fingerprint density at radius 2 is 1.91 bits per heavy atom. The second-order valence-corrected chi connectivity index (χ2v) is 5.82. The van der Waals surface area contributed by atoms with Crippen LogP contribution in [0.25, 0.3) is 0 Å². The number of halogens is 2. The third kappa shape index (κ3) is 4.27. The molecule has 1 aromatic carbocycles. The van der Waals surface area contributed by atoms with Gasteiger partial charge < -0.3 is 5.32 Å². The van der Waals surface area contributed by atoms with Gasteiger partial charge in [-0.2, -0.15) is 8.78 Å². The first-order valence-electron chi connectivity index (χ1n) is 6.74. The summed E-state index contributed by atoms with van der Waals surface area (Å²) in [4.78, 5) is 16.1. The van der Waals surface area contributed by atoms with Gasteiger partial charge in [0.15, 0.2) is 0 Å². The molecule has 0 aliphatic carbocycles. The third-order valence-corrected chi connectivity index (χ3v) is 3.87. The smallest absolute Gasteiger partial charge is 0.290 e. The maximum absolute atomic E-state index is 12.5. The van der Waals surface area contributed by atoms with Crippen LogP contribution >= 0.6 is 11.8 Å². The van der Waals surface area contributed by atoms with Gasteiger partial charge in [0.05, 0.1) is 11.6 Å². The number of hydrogen-bond donors (Lipinski definition) is 1. The largest absolute Gasteiger partial charge is 0.345 e. The van der Waals surface area contributed by atoms with E-state index in [2.05, 4.69) is 10.3 Å². The Labute approximate surface area is 132 Å². The van der Waals surface area contributed by atoms with E-state index in [0.717, 1.165) is 11.1 Å². The third-order valence-electron chi connectivity index (χ3n) is 3.14. The quantitative estimate of drug-likeness (QED) is 0.839. The van der Waals surface area contributed by atoms with Crippen LogP contribution in [0.2, 0.25) is 0 Å². The minimum atomic E-state index is -2.61. The molecule has 0 aliphatic heterocycles. The van der Waals surface area contributed by atoms with Crippen LogP contribution in [0.1, 0.15) is 34.5 Å². The summed E-state index contributed by atoms with van der Waals surface area (Å²) in [6, 6.07) is 10.6. The van der Waals surface area contributed by atoms with Crippen LogP contribution in [0.3, 0.4) is 0 Å². The number of carbonyl (C=O) groups is 1. The van der Waals surface area contributed by atoms with Gasteiger partial charge in [-0.1, -0.05) is 29.8 Å². The summed E-state index contributed by atoms with van der Waals surface area (Å²) >= 11 is 0.273. The molecule has 116 valence electrons. The number of pyridine rings is 1. The molecule has 0 fully saturated rings. The zero-order chi connectivity index (χ0) is 16.1. The van der Waals surface area contributed by atoms with Crippen LogP contribution in [0, 0.1) is 6.92 Å². The Morgan fingerprint density at radius 3 is 2.55 bits per heavy atom. The second kappa shape index (κ2) is 7.35. The van der Waals surface area contributed by atoms with Crippen LogP contribution in [-0.2, 0) is 0 Å². The van der Waals surface area contributed by atoms with Gasteiger partial charge in [0.25, 0.3) is 11.7 Å². The Balaban J connectivity index is 2.13. The van der Waals surface area contributed by atoms with Crippen LogP contribution in [-0.4, -0.2) is 16.6 Å².